The van der Waals surface area contributed by atoms with Gasteiger partial charge in [-0.05, 0) is 25.8 Å². The highest BCUT2D eigenvalue weighted by atomic mass is 16.2. The van der Waals surface area contributed by atoms with Gasteiger partial charge in [-0.2, -0.15) is 0 Å². The van der Waals surface area contributed by atoms with Crippen LogP contribution in [0, 0.1) is 0 Å². The zero-order valence-corrected chi connectivity index (χ0v) is 11.7. The van der Waals surface area contributed by atoms with Crippen LogP contribution in [0.1, 0.15) is 25.8 Å². The standard InChI is InChI=1S/C15H18N2O3/c1-15(2)14(20)16-12(18)10-17(15)13(19)9-8-11-6-4-3-5-7-11/h3-7H,8-10H2,1-2H3,(H,16,18,20). The number of benzene rings is 1. The molecule has 0 aliphatic carbocycles. The van der Waals surface area contributed by atoms with Crippen LogP contribution in [0.15, 0.2) is 30.3 Å². The van der Waals surface area contributed by atoms with E-state index in [1.165, 1.54) is 4.90 Å². The number of rotatable bonds is 3. The van der Waals surface area contributed by atoms with Gasteiger partial charge < -0.3 is 4.90 Å². The molecule has 1 aromatic rings. The van der Waals surface area contributed by atoms with Gasteiger partial charge in [0.25, 0.3) is 5.91 Å². The molecule has 2 rings (SSSR count). The molecule has 1 heterocycles. The molecule has 0 unspecified atom stereocenters. The van der Waals surface area contributed by atoms with Gasteiger partial charge in [0.2, 0.25) is 11.8 Å². The fourth-order valence-electron chi connectivity index (χ4n) is 2.21. The first-order valence-electron chi connectivity index (χ1n) is 6.60. The van der Waals surface area contributed by atoms with Crippen molar-refractivity contribution in [3.05, 3.63) is 35.9 Å². The molecule has 1 N–H and O–H groups in total. The van der Waals surface area contributed by atoms with Crippen LogP contribution in [0.4, 0.5) is 0 Å². The second-order valence-corrected chi connectivity index (χ2v) is 5.40. The average Bonchev–Trinajstić information content (AvgIpc) is 2.41. The van der Waals surface area contributed by atoms with Crippen LogP contribution in [0.2, 0.25) is 0 Å². The molecule has 5 heteroatoms. The summed E-state index contributed by atoms with van der Waals surface area (Å²) < 4.78 is 0. The van der Waals surface area contributed by atoms with E-state index in [0.29, 0.717) is 6.42 Å². The third-order valence-electron chi connectivity index (χ3n) is 3.56. The van der Waals surface area contributed by atoms with Gasteiger partial charge in [-0.1, -0.05) is 30.3 Å². The predicted molar refractivity (Wildman–Crippen MR) is 73.7 cm³/mol. The molecule has 106 valence electrons. The van der Waals surface area contributed by atoms with Crippen LogP contribution in [0.25, 0.3) is 0 Å². The minimum absolute atomic E-state index is 0.0631. The molecule has 1 aliphatic rings. The summed E-state index contributed by atoms with van der Waals surface area (Å²) in [4.78, 5) is 36.8. The Kier molecular flexibility index (Phi) is 3.88. The van der Waals surface area contributed by atoms with Gasteiger partial charge in [-0.3, -0.25) is 19.7 Å². The first-order chi connectivity index (χ1) is 9.41. The summed E-state index contributed by atoms with van der Waals surface area (Å²) in [6, 6.07) is 9.66. The first-order valence-corrected chi connectivity index (χ1v) is 6.60. The maximum Gasteiger partial charge on any atom is 0.252 e. The molecule has 1 saturated heterocycles. The lowest BCUT2D eigenvalue weighted by Gasteiger charge is -2.40. The van der Waals surface area contributed by atoms with Gasteiger partial charge in [-0.15, -0.1) is 0 Å². The lowest BCUT2D eigenvalue weighted by Crippen LogP contribution is -2.65. The van der Waals surface area contributed by atoms with Crippen molar-refractivity contribution in [3.63, 3.8) is 0 Å². The molecule has 0 saturated carbocycles. The summed E-state index contributed by atoms with van der Waals surface area (Å²) in [5, 5.41) is 2.26. The minimum atomic E-state index is -0.984. The van der Waals surface area contributed by atoms with Crippen molar-refractivity contribution < 1.29 is 14.4 Å². The van der Waals surface area contributed by atoms with Crippen molar-refractivity contribution in [3.8, 4) is 0 Å². The number of hydrogen-bond donors (Lipinski definition) is 1. The van der Waals surface area contributed by atoms with Crippen molar-refractivity contribution >= 4 is 17.7 Å². The largest absolute Gasteiger partial charge is 0.319 e. The molecular weight excluding hydrogens is 256 g/mol. The van der Waals surface area contributed by atoms with E-state index in [4.69, 9.17) is 0 Å². The van der Waals surface area contributed by atoms with Gasteiger partial charge in [0.15, 0.2) is 0 Å². The van der Waals surface area contributed by atoms with Crippen molar-refractivity contribution in [2.24, 2.45) is 0 Å². The van der Waals surface area contributed by atoms with Crippen LogP contribution in [-0.2, 0) is 20.8 Å². The summed E-state index contributed by atoms with van der Waals surface area (Å²) >= 11 is 0. The summed E-state index contributed by atoms with van der Waals surface area (Å²) in [6.45, 7) is 3.23. The molecular formula is C15H18N2O3. The maximum absolute atomic E-state index is 12.3. The van der Waals surface area contributed by atoms with Crippen molar-refractivity contribution in [2.45, 2.75) is 32.2 Å². The second-order valence-electron chi connectivity index (χ2n) is 5.40. The van der Waals surface area contributed by atoms with E-state index in [1.807, 2.05) is 30.3 Å². The number of nitrogens with one attached hydrogen (secondary N) is 1. The van der Waals surface area contributed by atoms with Gasteiger partial charge in [0, 0.05) is 6.42 Å². The van der Waals surface area contributed by atoms with E-state index in [2.05, 4.69) is 5.32 Å². The van der Waals surface area contributed by atoms with E-state index in [1.54, 1.807) is 13.8 Å². The first kappa shape index (κ1) is 14.2. The van der Waals surface area contributed by atoms with Crippen molar-refractivity contribution in [1.29, 1.82) is 0 Å². The minimum Gasteiger partial charge on any atom is -0.319 e. The number of amides is 3. The molecule has 0 radical (unpaired) electrons. The lowest BCUT2D eigenvalue weighted by molar-refractivity contribution is -0.155. The van der Waals surface area contributed by atoms with Crippen LogP contribution < -0.4 is 5.32 Å². The summed E-state index contributed by atoms with van der Waals surface area (Å²) in [6.07, 6.45) is 0.885. The molecule has 5 nitrogen and oxygen atoms in total. The van der Waals surface area contributed by atoms with Crippen LogP contribution >= 0.6 is 0 Å². The number of imide groups is 1. The Bertz CT molecular complexity index is 537. The van der Waals surface area contributed by atoms with E-state index in [0.717, 1.165) is 5.56 Å². The highest BCUT2D eigenvalue weighted by Crippen LogP contribution is 2.19. The summed E-state index contributed by atoms with van der Waals surface area (Å²) in [7, 11) is 0. The molecule has 1 fully saturated rings. The van der Waals surface area contributed by atoms with E-state index < -0.39 is 17.4 Å². The van der Waals surface area contributed by atoms with Crippen LogP contribution in [0.3, 0.4) is 0 Å². The zero-order chi connectivity index (χ0) is 14.8. The summed E-state index contributed by atoms with van der Waals surface area (Å²) in [5.74, 6) is -1.04. The SMILES string of the molecule is CC1(C)C(=O)NC(=O)CN1C(=O)CCc1ccccc1. The lowest BCUT2D eigenvalue weighted by atomic mass is 9.97. The highest BCUT2D eigenvalue weighted by Gasteiger charge is 2.43. The average molecular weight is 274 g/mol. The van der Waals surface area contributed by atoms with Gasteiger partial charge in [0.1, 0.15) is 12.1 Å². The Morgan fingerprint density at radius 2 is 1.90 bits per heavy atom. The number of carbonyl (C=O) groups excluding carboxylic acids is 3. The molecule has 0 atom stereocenters. The van der Waals surface area contributed by atoms with E-state index >= 15 is 0 Å². The normalized spacial score (nSPS) is 17.8. The molecule has 1 aliphatic heterocycles. The summed E-state index contributed by atoms with van der Waals surface area (Å²) in [5.41, 5.74) is 0.0771. The van der Waals surface area contributed by atoms with Crippen LogP contribution in [0.5, 0.6) is 0 Å². The molecule has 0 spiro atoms. The Labute approximate surface area is 118 Å². The van der Waals surface area contributed by atoms with Crippen LogP contribution in [-0.4, -0.2) is 34.7 Å². The van der Waals surface area contributed by atoms with Crippen molar-refractivity contribution in [1.82, 2.24) is 10.2 Å². The molecule has 0 aromatic heterocycles. The van der Waals surface area contributed by atoms with Crippen molar-refractivity contribution in [2.75, 3.05) is 6.54 Å². The predicted octanol–water partition coefficient (Wildman–Crippen LogP) is 0.883. The number of aryl methyl sites for hydroxylation is 1. The fourth-order valence-corrected chi connectivity index (χ4v) is 2.21. The quantitative estimate of drug-likeness (QED) is 0.832. The monoisotopic (exact) mass is 274 g/mol. The maximum atomic E-state index is 12.3. The molecule has 1 aromatic carbocycles. The number of hydrogen-bond acceptors (Lipinski definition) is 3. The Morgan fingerprint density at radius 3 is 2.55 bits per heavy atom. The Balaban J connectivity index is 2.04. The Hall–Kier alpha value is -2.17. The number of piperazine rings is 1. The third-order valence-corrected chi connectivity index (χ3v) is 3.56. The number of nitrogens with zero attached hydrogens (tertiary/aromatic N) is 1. The highest BCUT2D eigenvalue weighted by molar-refractivity contribution is 6.06. The van der Waals surface area contributed by atoms with E-state index in [-0.39, 0.29) is 18.9 Å². The fraction of sp³-hybridized carbons (Fsp3) is 0.400. The van der Waals surface area contributed by atoms with Gasteiger partial charge in [0.05, 0.1) is 0 Å². The zero-order valence-electron chi connectivity index (χ0n) is 11.7. The topological polar surface area (TPSA) is 66.5 Å². The van der Waals surface area contributed by atoms with E-state index in [9.17, 15) is 14.4 Å². The molecule has 3 amide bonds. The Morgan fingerprint density at radius 1 is 1.25 bits per heavy atom. The third kappa shape index (κ3) is 2.87. The molecule has 20 heavy (non-hydrogen) atoms. The second kappa shape index (κ2) is 5.45. The van der Waals surface area contributed by atoms with Gasteiger partial charge >= 0.3 is 0 Å². The number of carbonyl (C=O) groups is 3. The smallest absolute Gasteiger partial charge is 0.252 e. The molecule has 0 bridgehead atoms. The van der Waals surface area contributed by atoms with Gasteiger partial charge in [-0.25, -0.2) is 0 Å².